The van der Waals surface area contributed by atoms with Gasteiger partial charge in [-0.1, -0.05) is 0 Å². The second-order valence-electron chi connectivity index (χ2n) is 0.408. The second kappa shape index (κ2) is 2.69. The van der Waals surface area contributed by atoms with Crippen molar-refractivity contribution in [3.8, 4) is 0 Å². The van der Waals surface area contributed by atoms with Crippen LogP contribution in [0.3, 0.4) is 0 Å². The molecule has 0 saturated heterocycles. The van der Waals surface area contributed by atoms with Crippen molar-refractivity contribution >= 4 is 30.4 Å². The maximum absolute atomic E-state index is 8.59. The molecule has 6 heavy (non-hydrogen) atoms. The van der Waals surface area contributed by atoms with E-state index < -0.39 is 13.4 Å². The summed E-state index contributed by atoms with van der Waals surface area (Å²) in [5.41, 5.74) is 0. The fraction of sp³-hybridized carbons (Fsp3) is 0. The van der Waals surface area contributed by atoms with Crippen molar-refractivity contribution in [2.75, 3.05) is 0 Å². The third-order valence-corrected chi connectivity index (χ3v) is 0. The fourth-order valence-electron chi connectivity index (χ4n) is 0. The van der Waals surface area contributed by atoms with Crippen LogP contribution in [0.4, 0.5) is 0 Å². The summed E-state index contributed by atoms with van der Waals surface area (Å²) in [5, 5.41) is 0. The van der Waals surface area contributed by atoms with Crippen LogP contribution in [0.2, 0.25) is 0 Å². The first-order valence-electron chi connectivity index (χ1n) is 0.667. The average molecular weight is 222 g/mol. The van der Waals surface area contributed by atoms with Gasteiger partial charge in [0.1, 0.15) is 0 Å². The first-order valence-corrected chi connectivity index (χ1v) is 3.46. The number of hydrogen-bond donors (Lipinski definition) is 0. The van der Waals surface area contributed by atoms with Crippen LogP contribution in [0, 0.1) is 0 Å². The molecule has 6 heteroatoms. The summed E-state index contributed by atoms with van der Waals surface area (Å²) in [4.78, 5) is 0. The van der Waals surface area contributed by atoms with Crippen molar-refractivity contribution in [3.05, 3.63) is 0 Å². The molecular formula is O4Se2. The minimum atomic E-state index is -5.75. The molecule has 0 fully saturated rings. The van der Waals surface area contributed by atoms with Gasteiger partial charge >= 0.3 is 46.5 Å². The minimum Gasteiger partial charge on any atom is 2.00 e. The Morgan fingerprint density at radius 1 is 1.17 bits per heavy atom. The zero-order valence-electron chi connectivity index (χ0n) is 2.45. The second-order valence-corrected chi connectivity index (χ2v) is 2.12. The summed E-state index contributed by atoms with van der Waals surface area (Å²) in [6, 6.07) is 0. The molecule has 36 valence electrons. The first-order chi connectivity index (χ1) is 2.00. The van der Waals surface area contributed by atoms with Gasteiger partial charge in [0.25, 0.3) is 0 Å². The molecule has 0 aromatic carbocycles. The van der Waals surface area contributed by atoms with E-state index in [2.05, 4.69) is 0 Å². The smallest absolute Gasteiger partial charge is 2.00 e. The Morgan fingerprint density at radius 2 is 1.17 bits per heavy atom. The Balaban J connectivity index is 0. The summed E-state index contributed by atoms with van der Waals surface area (Å²) < 4.78 is 34.4. The van der Waals surface area contributed by atoms with E-state index in [0.717, 1.165) is 0 Å². The van der Waals surface area contributed by atoms with Gasteiger partial charge in [-0.05, 0) is 0 Å². The van der Waals surface area contributed by atoms with Crippen molar-refractivity contribution in [3.63, 3.8) is 0 Å². The third kappa shape index (κ3) is 185. The minimum absolute atomic E-state index is 0. The molecule has 0 aliphatic rings. The van der Waals surface area contributed by atoms with Gasteiger partial charge in [-0.15, -0.1) is 0 Å². The van der Waals surface area contributed by atoms with Gasteiger partial charge in [0, 0.05) is 0 Å². The van der Waals surface area contributed by atoms with Crippen LogP contribution >= 0.6 is 0 Å². The van der Waals surface area contributed by atoms with Gasteiger partial charge < -0.3 is 0 Å². The van der Waals surface area contributed by atoms with Crippen LogP contribution < -0.4 is 8.38 Å². The summed E-state index contributed by atoms with van der Waals surface area (Å²) in [5.74, 6) is 0. The molecular weight excluding hydrogens is 222 g/mol. The van der Waals surface area contributed by atoms with Gasteiger partial charge in [-0.3, -0.25) is 0 Å². The van der Waals surface area contributed by atoms with Crippen LogP contribution in [0.15, 0.2) is 0 Å². The molecule has 4 radical (unpaired) electrons. The predicted molar refractivity (Wildman–Crippen MR) is 12.9 cm³/mol. The third-order valence-electron chi connectivity index (χ3n) is 0. The van der Waals surface area contributed by atoms with Gasteiger partial charge in [-0.25, -0.2) is 0 Å². The SMILES string of the molecule is O=[Se](=O)([O-])[O-].[Se+2]. The number of rotatable bonds is 0. The Hall–Kier alpha value is 0.559. The maximum Gasteiger partial charge on any atom is 2.00 e. The van der Waals surface area contributed by atoms with Crippen molar-refractivity contribution < 1.29 is 16.0 Å². The largest absolute Gasteiger partial charge is 2.00 e. The predicted octanol–water partition coefficient (Wildman–Crippen LogP) is -3.38. The molecule has 0 N–H and O–H groups in total. The molecule has 0 spiro atoms. The summed E-state index contributed by atoms with van der Waals surface area (Å²) in [6.07, 6.45) is 0. The topological polar surface area (TPSA) is 80.3 Å². The average Bonchev–Trinajstić information content (AvgIpc) is 0.722. The van der Waals surface area contributed by atoms with Crippen molar-refractivity contribution in [1.29, 1.82) is 0 Å². The fourth-order valence-corrected chi connectivity index (χ4v) is 0. The van der Waals surface area contributed by atoms with Crippen molar-refractivity contribution in [2.24, 2.45) is 0 Å². The van der Waals surface area contributed by atoms with Crippen molar-refractivity contribution in [2.45, 2.75) is 0 Å². The zero-order valence-corrected chi connectivity index (χ0v) is 5.88. The molecule has 0 saturated carbocycles. The summed E-state index contributed by atoms with van der Waals surface area (Å²) >= 11 is -5.75. The van der Waals surface area contributed by atoms with E-state index in [-0.39, 0.29) is 17.1 Å². The van der Waals surface area contributed by atoms with Crippen LogP contribution in [0.25, 0.3) is 0 Å². The van der Waals surface area contributed by atoms with E-state index in [9.17, 15) is 0 Å². The first kappa shape index (κ1) is 9.75. The molecule has 0 aliphatic carbocycles. The normalized spacial score (nSPS) is 9.67. The quantitative estimate of drug-likeness (QED) is 0.400. The Kier molecular flexibility index (Phi) is 4.37. The van der Waals surface area contributed by atoms with Gasteiger partial charge in [-0.2, -0.15) is 0 Å². The van der Waals surface area contributed by atoms with E-state index >= 15 is 0 Å². The molecule has 0 rings (SSSR count). The summed E-state index contributed by atoms with van der Waals surface area (Å²) in [6.45, 7) is 0. The zero-order chi connectivity index (χ0) is 4.50. The molecule has 0 amide bonds. The maximum atomic E-state index is 8.59. The number of hydrogen-bond acceptors (Lipinski definition) is 4. The van der Waals surface area contributed by atoms with E-state index in [1.807, 2.05) is 0 Å². The van der Waals surface area contributed by atoms with Crippen molar-refractivity contribution in [1.82, 2.24) is 0 Å². The van der Waals surface area contributed by atoms with Crippen LogP contribution in [-0.4, -0.2) is 30.4 Å². The van der Waals surface area contributed by atoms with Gasteiger partial charge in [0.05, 0.1) is 0 Å². The molecule has 0 unspecified atom stereocenters. The molecule has 0 aromatic heterocycles. The van der Waals surface area contributed by atoms with E-state index in [1.54, 1.807) is 0 Å². The van der Waals surface area contributed by atoms with Crippen LogP contribution in [-0.2, 0) is 7.67 Å². The Morgan fingerprint density at radius 3 is 1.17 bits per heavy atom. The van der Waals surface area contributed by atoms with E-state index in [0.29, 0.717) is 0 Å². The molecule has 0 heterocycles. The Bertz CT molecular complexity index is 88.7. The molecule has 0 aromatic rings. The van der Waals surface area contributed by atoms with Crippen LogP contribution in [0.5, 0.6) is 0 Å². The molecule has 4 nitrogen and oxygen atoms in total. The molecule has 0 atom stereocenters. The summed E-state index contributed by atoms with van der Waals surface area (Å²) in [7, 11) is 0. The Labute approximate surface area is 46.9 Å². The van der Waals surface area contributed by atoms with E-state index in [1.165, 1.54) is 0 Å². The van der Waals surface area contributed by atoms with Gasteiger partial charge in [0.15, 0.2) is 0 Å². The standard InChI is InChI=1S/H2O4Se.Se/c1-5(2,3)4;/h(H2,1,2,3,4);/q;+2/p-2. The molecule has 0 bridgehead atoms. The van der Waals surface area contributed by atoms with Crippen LogP contribution in [0.1, 0.15) is 0 Å². The molecule has 0 aliphatic heterocycles. The monoisotopic (exact) mass is 224 g/mol. The van der Waals surface area contributed by atoms with Gasteiger partial charge in [0.2, 0.25) is 0 Å². The van der Waals surface area contributed by atoms with E-state index in [4.69, 9.17) is 16.0 Å².